The van der Waals surface area contributed by atoms with E-state index in [1.807, 2.05) is 6.07 Å². The predicted molar refractivity (Wildman–Crippen MR) is 90.3 cm³/mol. The van der Waals surface area contributed by atoms with Crippen LogP contribution in [0.15, 0.2) is 41.0 Å². The highest BCUT2D eigenvalue weighted by atomic mass is 32.2. The Hall–Kier alpha value is -2.35. The van der Waals surface area contributed by atoms with Gasteiger partial charge in [-0.3, -0.25) is 9.10 Å². The third kappa shape index (κ3) is 3.02. The summed E-state index contributed by atoms with van der Waals surface area (Å²) in [6.45, 7) is 0.366. The molecule has 0 bridgehead atoms. The minimum atomic E-state index is -3.35. The molecular formula is C17H17FN2O4S. The maximum absolute atomic E-state index is 14.1. The first-order valence-corrected chi connectivity index (χ1v) is 9.71. The van der Waals surface area contributed by atoms with Gasteiger partial charge in [0.05, 0.1) is 23.4 Å². The Morgan fingerprint density at radius 3 is 2.84 bits per heavy atom. The lowest BCUT2D eigenvalue weighted by Crippen LogP contribution is -2.25. The van der Waals surface area contributed by atoms with Gasteiger partial charge in [0.1, 0.15) is 11.6 Å². The number of nitrogens with zero attached hydrogens (tertiary/aromatic N) is 1. The molecule has 1 saturated carbocycles. The largest absolute Gasteiger partial charge is 0.469 e. The summed E-state index contributed by atoms with van der Waals surface area (Å²) in [5, 5.41) is 2.58. The minimum absolute atomic E-state index is 0.00491. The summed E-state index contributed by atoms with van der Waals surface area (Å²) in [5.41, 5.74) is 0.363. The summed E-state index contributed by atoms with van der Waals surface area (Å²) in [5.74, 6) is -0.299. The number of anilines is 2. The standard InChI is InChI=1S/C17H17FN2O4S/c18-14-5-4-11(20-6-2-8-25(20,22)23)9-15(14)19-17(21)13-10-12(13)16-3-1-7-24-16/h1,3-5,7,9,12-13H,2,6,8,10H2,(H,19,21). The molecular weight excluding hydrogens is 347 g/mol. The second-order valence-electron chi connectivity index (χ2n) is 6.36. The normalized spacial score (nSPS) is 24.3. The summed E-state index contributed by atoms with van der Waals surface area (Å²) in [6, 6.07) is 7.55. The van der Waals surface area contributed by atoms with Crippen molar-refractivity contribution >= 4 is 27.3 Å². The van der Waals surface area contributed by atoms with Crippen molar-refractivity contribution in [2.24, 2.45) is 5.92 Å². The Morgan fingerprint density at radius 2 is 2.16 bits per heavy atom. The van der Waals surface area contributed by atoms with Crippen molar-refractivity contribution in [2.45, 2.75) is 18.8 Å². The smallest absolute Gasteiger partial charge is 0.235 e. The summed E-state index contributed by atoms with van der Waals surface area (Å²) in [4.78, 5) is 12.3. The van der Waals surface area contributed by atoms with Crippen LogP contribution in [0, 0.1) is 11.7 Å². The fraction of sp³-hybridized carbons (Fsp3) is 0.353. The third-order valence-electron chi connectivity index (χ3n) is 4.63. The molecule has 1 aliphatic carbocycles. The molecule has 1 N–H and O–H groups in total. The number of amides is 1. The first-order chi connectivity index (χ1) is 12.0. The quantitative estimate of drug-likeness (QED) is 0.905. The number of furan rings is 1. The van der Waals surface area contributed by atoms with E-state index >= 15 is 0 Å². The summed E-state index contributed by atoms with van der Waals surface area (Å²) in [6.07, 6.45) is 2.75. The maximum atomic E-state index is 14.1. The number of sulfonamides is 1. The van der Waals surface area contributed by atoms with Gasteiger partial charge in [-0.15, -0.1) is 0 Å². The first kappa shape index (κ1) is 16.1. The van der Waals surface area contributed by atoms with Crippen LogP contribution in [0.5, 0.6) is 0 Å². The van der Waals surface area contributed by atoms with Gasteiger partial charge in [0.15, 0.2) is 0 Å². The van der Waals surface area contributed by atoms with Crippen LogP contribution >= 0.6 is 0 Å². The van der Waals surface area contributed by atoms with Crippen LogP contribution in [0.3, 0.4) is 0 Å². The van der Waals surface area contributed by atoms with Crippen molar-refractivity contribution in [2.75, 3.05) is 21.9 Å². The average molecular weight is 364 g/mol. The van der Waals surface area contributed by atoms with E-state index in [-0.39, 0.29) is 29.2 Å². The van der Waals surface area contributed by atoms with Crippen molar-refractivity contribution in [3.63, 3.8) is 0 Å². The Kier molecular flexibility index (Phi) is 3.79. The number of rotatable bonds is 4. The number of hydrogen-bond donors (Lipinski definition) is 1. The van der Waals surface area contributed by atoms with E-state index in [0.29, 0.717) is 25.1 Å². The number of halogens is 1. The maximum Gasteiger partial charge on any atom is 0.235 e. The zero-order chi connectivity index (χ0) is 17.6. The van der Waals surface area contributed by atoms with Crippen LogP contribution in [-0.2, 0) is 14.8 Å². The van der Waals surface area contributed by atoms with Gasteiger partial charge in [-0.05, 0) is 43.2 Å². The molecule has 132 valence electrons. The lowest BCUT2D eigenvalue weighted by Gasteiger charge is -2.18. The molecule has 2 aliphatic rings. The predicted octanol–water partition coefficient (Wildman–Crippen LogP) is 2.70. The van der Waals surface area contributed by atoms with E-state index in [1.54, 1.807) is 12.3 Å². The fourth-order valence-corrected chi connectivity index (χ4v) is 4.78. The molecule has 4 rings (SSSR count). The number of hydrogen-bond acceptors (Lipinski definition) is 4. The van der Waals surface area contributed by atoms with Gasteiger partial charge in [0.25, 0.3) is 0 Å². The van der Waals surface area contributed by atoms with Crippen LogP contribution in [0.4, 0.5) is 15.8 Å². The highest BCUT2D eigenvalue weighted by Gasteiger charge is 2.46. The topological polar surface area (TPSA) is 79.6 Å². The lowest BCUT2D eigenvalue weighted by atomic mass is 10.2. The molecule has 0 spiro atoms. The molecule has 1 saturated heterocycles. The van der Waals surface area contributed by atoms with Crippen LogP contribution in [0.25, 0.3) is 0 Å². The highest BCUT2D eigenvalue weighted by Crippen LogP contribution is 2.48. The van der Waals surface area contributed by atoms with E-state index in [9.17, 15) is 17.6 Å². The molecule has 2 unspecified atom stereocenters. The average Bonchev–Trinajstić information content (AvgIpc) is 3.01. The molecule has 1 amide bonds. The van der Waals surface area contributed by atoms with Crippen LogP contribution in [-0.4, -0.2) is 26.6 Å². The second kappa shape index (κ2) is 5.87. The zero-order valence-corrected chi connectivity index (χ0v) is 14.1. The Morgan fingerprint density at radius 1 is 1.32 bits per heavy atom. The molecule has 2 heterocycles. The van der Waals surface area contributed by atoms with Crippen LogP contribution in [0.2, 0.25) is 0 Å². The molecule has 25 heavy (non-hydrogen) atoms. The number of carbonyl (C=O) groups is 1. The minimum Gasteiger partial charge on any atom is -0.469 e. The van der Waals surface area contributed by atoms with Gasteiger partial charge in [0, 0.05) is 18.4 Å². The number of carbonyl (C=O) groups excluding carboxylic acids is 1. The number of benzene rings is 1. The molecule has 2 fully saturated rings. The van der Waals surface area contributed by atoms with Gasteiger partial charge in [-0.2, -0.15) is 0 Å². The third-order valence-corrected chi connectivity index (χ3v) is 6.50. The molecule has 2 atom stereocenters. The SMILES string of the molecule is O=C(Nc1cc(N2CCCS2(=O)=O)ccc1F)C1CC1c1ccco1. The van der Waals surface area contributed by atoms with Gasteiger partial charge in [-0.25, -0.2) is 12.8 Å². The molecule has 1 aromatic heterocycles. The van der Waals surface area contributed by atoms with Gasteiger partial charge in [0.2, 0.25) is 15.9 Å². The monoisotopic (exact) mass is 364 g/mol. The van der Waals surface area contributed by atoms with Crippen molar-refractivity contribution in [1.29, 1.82) is 0 Å². The van der Waals surface area contributed by atoms with Gasteiger partial charge < -0.3 is 9.73 Å². The van der Waals surface area contributed by atoms with E-state index in [2.05, 4.69) is 5.32 Å². The number of nitrogens with one attached hydrogen (secondary N) is 1. The van der Waals surface area contributed by atoms with Gasteiger partial charge in [-0.1, -0.05) is 0 Å². The summed E-state index contributed by atoms with van der Waals surface area (Å²) < 4.78 is 44.6. The van der Waals surface area contributed by atoms with E-state index in [1.165, 1.54) is 22.5 Å². The first-order valence-electron chi connectivity index (χ1n) is 8.10. The van der Waals surface area contributed by atoms with Crippen LogP contribution < -0.4 is 9.62 Å². The summed E-state index contributed by atoms with van der Waals surface area (Å²) >= 11 is 0. The lowest BCUT2D eigenvalue weighted by molar-refractivity contribution is -0.117. The van der Waals surface area contributed by atoms with Gasteiger partial charge >= 0.3 is 0 Å². The molecule has 2 aromatic rings. The molecule has 1 aromatic carbocycles. The van der Waals surface area contributed by atoms with Crippen molar-refractivity contribution in [3.05, 3.63) is 48.2 Å². The molecule has 1 aliphatic heterocycles. The Bertz CT molecular complexity index is 911. The van der Waals surface area contributed by atoms with E-state index < -0.39 is 15.8 Å². The van der Waals surface area contributed by atoms with Crippen molar-refractivity contribution in [1.82, 2.24) is 0 Å². The Labute approximate surface area is 144 Å². The summed E-state index contributed by atoms with van der Waals surface area (Å²) in [7, 11) is -3.35. The van der Waals surface area contributed by atoms with Crippen molar-refractivity contribution in [3.8, 4) is 0 Å². The Balaban J connectivity index is 1.51. The zero-order valence-electron chi connectivity index (χ0n) is 13.3. The fourth-order valence-electron chi connectivity index (χ4n) is 3.22. The van der Waals surface area contributed by atoms with Crippen LogP contribution in [0.1, 0.15) is 24.5 Å². The highest BCUT2D eigenvalue weighted by molar-refractivity contribution is 7.93. The second-order valence-corrected chi connectivity index (χ2v) is 8.37. The van der Waals surface area contributed by atoms with E-state index in [0.717, 1.165) is 5.76 Å². The molecule has 6 nitrogen and oxygen atoms in total. The van der Waals surface area contributed by atoms with E-state index in [4.69, 9.17) is 4.42 Å². The van der Waals surface area contributed by atoms with Crippen molar-refractivity contribution < 1.29 is 22.0 Å². The molecule has 8 heteroatoms. The molecule has 0 radical (unpaired) electrons.